The summed E-state index contributed by atoms with van der Waals surface area (Å²) in [5, 5.41) is 9.33. The monoisotopic (exact) mass is 400 g/mol. The first-order valence-corrected chi connectivity index (χ1v) is 10.1. The van der Waals surface area contributed by atoms with Gasteiger partial charge in [-0.3, -0.25) is 0 Å². The molecule has 0 spiro atoms. The molecule has 6 rings (SSSR count). The summed E-state index contributed by atoms with van der Waals surface area (Å²) in [7, 11) is 0. The Balaban J connectivity index is 1.55. The molecule has 4 fully saturated rings. The van der Waals surface area contributed by atoms with Gasteiger partial charge in [-0.25, -0.2) is 19.1 Å². The van der Waals surface area contributed by atoms with E-state index in [-0.39, 0.29) is 16.8 Å². The van der Waals surface area contributed by atoms with Gasteiger partial charge in [0.05, 0.1) is 16.9 Å². The molecule has 0 unspecified atom stereocenters. The Morgan fingerprint density at radius 1 is 0.929 bits per heavy atom. The molecule has 3 N–H and O–H groups in total. The summed E-state index contributed by atoms with van der Waals surface area (Å²) >= 11 is 6.13. The van der Waals surface area contributed by atoms with Gasteiger partial charge in [-0.15, -0.1) is 0 Å². The Kier molecular flexibility index (Phi) is 4.51. The van der Waals surface area contributed by atoms with E-state index in [0.717, 1.165) is 30.9 Å². The van der Waals surface area contributed by atoms with E-state index < -0.39 is 0 Å². The zero-order valence-electron chi connectivity index (χ0n) is 15.6. The topological polar surface area (TPSA) is 38.0 Å². The summed E-state index contributed by atoms with van der Waals surface area (Å²) in [6, 6.07) is 14.9. The van der Waals surface area contributed by atoms with E-state index >= 15 is 0 Å². The molecule has 7 heteroatoms. The lowest BCUT2D eigenvalue weighted by Crippen LogP contribution is -3.56. The Hall–Kier alpha value is -2.12. The second-order valence-corrected chi connectivity index (χ2v) is 8.69. The molecular formula is C21H24ClFN5+3. The minimum atomic E-state index is -0.385. The zero-order chi connectivity index (χ0) is 19.1. The third-order valence-electron chi connectivity index (χ3n) is 6.16. The van der Waals surface area contributed by atoms with Gasteiger partial charge in [-0.1, -0.05) is 48.0 Å². The molecule has 0 aromatic heterocycles. The van der Waals surface area contributed by atoms with Crippen LogP contribution in [0.5, 0.6) is 0 Å². The molecule has 0 radical (unpaired) electrons. The van der Waals surface area contributed by atoms with Crippen LogP contribution in [0.15, 0.2) is 58.7 Å². The van der Waals surface area contributed by atoms with E-state index in [1.165, 1.54) is 32.3 Å². The third-order valence-corrected chi connectivity index (χ3v) is 6.49. The maximum atomic E-state index is 14.1. The quantitative estimate of drug-likeness (QED) is 0.429. The maximum Gasteiger partial charge on any atom is 0.213 e. The van der Waals surface area contributed by atoms with Crippen molar-refractivity contribution in [1.82, 2.24) is 0 Å². The largest absolute Gasteiger partial charge is 0.241 e. The molecule has 4 heterocycles. The summed E-state index contributed by atoms with van der Waals surface area (Å²) in [5.41, 5.74) is 2.40. The summed E-state index contributed by atoms with van der Waals surface area (Å²) in [5.74, 6) is -0.385. The molecule has 28 heavy (non-hydrogen) atoms. The average molecular weight is 401 g/mol. The maximum absolute atomic E-state index is 14.1. The van der Waals surface area contributed by atoms with Crippen molar-refractivity contribution in [1.29, 1.82) is 0 Å². The van der Waals surface area contributed by atoms with Gasteiger partial charge in [0.1, 0.15) is 25.5 Å². The highest BCUT2D eigenvalue weighted by Gasteiger charge is 2.60. The molecular weight excluding hydrogens is 377 g/mol. The molecule has 4 saturated heterocycles. The summed E-state index contributed by atoms with van der Waals surface area (Å²) in [4.78, 5) is 4.91. The van der Waals surface area contributed by atoms with Crippen LogP contribution in [-0.2, 0) is 0 Å². The molecule has 4 bridgehead atoms. The molecule has 5 nitrogen and oxygen atoms in total. The van der Waals surface area contributed by atoms with Crippen LogP contribution in [0.2, 0.25) is 5.02 Å². The number of nitrogens with zero attached hydrogens (tertiary/aromatic N) is 2. The molecule has 0 amide bonds. The average Bonchev–Trinajstić information content (AvgIpc) is 2.66. The van der Waals surface area contributed by atoms with Crippen LogP contribution in [0.25, 0.3) is 0 Å². The molecule has 0 saturated carbocycles. The van der Waals surface area contributed by atoms with E-state index in [9.17, 15) is 4.39 Å². The summed E-state index contributed by atoms with van der Waals surface area (Å²) in [6.07, 6.45) is 1.44. The highest BCUT2D eigenvalue weighted by molar-refractivity contribution is 6.33. The van der Waals surface area contributed by atoms with Crippen molar-refractivity contribution < 1.29 is 19.1 Å². The predicted octanol–water partition coefficient (Wildman–Crippen LogP) is -1.14. The normalized spacial score (nSPS) is 31.6. The molecule has 0 atom stereocenters. The van der Waals surface area contributed by atoms with Gasteiger partial charge in [0, 0.05) is 5.56 Å². The number of benzene rings is 2. The van der Waals surface area contributed by atoms with Crippen LogP contribution in [0.4, 0.5) is 4.39 Å². The lowest BCUT2D eigenvalue weighted by atomic mass is 9.74. The SMILES string of the molecule is Fc1cccc(Cl)c1/C=N\N=C(\c1ccccc1)C12C[NH+]3C[NH+](C[NH+](C3)C1)C2. The number of nitrogens with one attached hydrogen (secondary N) is 3. The molecule has 2 aromatic rings. The first kappa shape index (κ1) is 17.9. The number of rotatable bonds is 4. The molecule has 2 aromatic carbocycles. The van der Waals surface area contributed by atoms with Gasteiger partial charge in [-0.05, 0) is 17.7 Å². The molecule has 0 aliphatic carbocycles. The smallest absolute Gasteiger partial charge is 0.213 e. The van der Waals surface area contributed by atoms with Crippen LogP contribution in [0, 0.1) is 11.2 Å². The van der Waals surface area contributed by atoms with Crippen LogP contribution in [-0.4, -0.2) is 51.6 Å². The van der Waals surface area contributed by atoms with Crippen molar-refractivity contribution >= 4 is 23.5 Å². The zero-order valence-corrected chi connectivity index (χ0v) is 16.3. The number of hydrogen-bond acceptors (Lipinski definition) is 2. The van der Waals surface area contributed by atoms with Crippen molar-refractivity contribution in [2.45, 2.75) is 0 Å². The fourth-order valence-electron chi connectivity index (χ4n) is 5.34. The second kappa shape index (κ2) is 7.04. The lowest BCUT2D eigenvalue weighted by molar-refractivity contribution is -1.30. The van der Waals surface area contributed by atoms with Crippen molar-refractivity contribution in [3.05, 3.63) is 70.5 Å². The van der Waals surface area contributed by atoms with Crippen LogP contribution >= 0.6 is 11.6 Å². The minimum absolute atomic E-state index is 0.00642. The van der Waals surface area contributed by atoms with E-state index in [1.807, 2.05) is 18.2 Å². The van der Waals surface area contributed by atoms with Crippen molar-refractivity contribution in [3.8, 4) is 0 Å². The predicted molar refractivity (Wildman–Crippen MR) is 107 cm³/mol. The highest BCUT2D eigenvalue weighted by atomic mass is 35.5. The number of quaternary nitrogens is 3. The van der Waals surface area contributed by atoms with Crippen LogP contribution in [0.3, 0.4) is 0 Å². The first-order chi connectivity index (χ1) is 13.6. The second-order valence-electron chi connectivity index (χ2n) is 8.29. The summed E-state index contributed by atoms with van der Waals surface area (Å²) < 4.78 is 14.1. The Bertz CT molecular complexity index is 888. The fraction of sp³-hybridized carbons (Fsp3) is 0.333. The van der Waals surface area contributed by atoms with Gasteiger partial charge in [0.15, 0.2) is 5.41 Å². The number of hydrogen-bond donors (Lipinski definition) is 3. The molecule has 4 aliphatic rings. The van der Waals surface area contributed by atoms with Crippen LogP contribution < -0.4 is 14.7 Å². The Morgan fingerprint density at radius 2 is 1.57 bits per heavy atom. The van der Waals surface area contributed by atoms with Crippen molar-refractivity contribution in [2.24, 2.45) is 15.6 Å². The first-order valence-electron chi connectivity index (χ1n) is 9.75. The number of halogens is 2. The van der Waals surface area contributed by atoms with E-state index in [0.29, 0.717) is 5.02 Å². The van der Waals surface area contributed by atoms with E-state index in [2.05, 4.69) is 22.3 Å². The molecule has 144 valence electrons. The van der Waals surface area contributed by atoms with Crippen molar-refractivity contribution in [3.63, 3.8) is 0 Å². The van der Waals surface area contributed by atoms with Gasteiger partial charge in [0.2, 0.25) is 20.0 Å². The van der Waals surface area contributed by atoms with E-state index in [1.54, 1.807) is 26.8 Å². The van der Waals surface area contributed by atoms with Gasteiger partial charge < -0.3 is 0 Å². The Labute approximate surface area is 168 Å². The molecule has 4 aliphatic heterocycles. The van der Waals surface area contributed by atoms with E-state index in [4.69, 9.17) is 11.6 Å². The highest BCUT2D eigenvalue weighted by Crippen LogP contribution is 2.24. The van der Waals surface area contributed by atoms with Gasteiger partial charge >= 0.3 is 0 Å². The summed E-state index contributed by atoms with van der Waals surface area (Å²) in [6.45, 7) is 6.85. The van der Waals surface area contributed by atoms with Crippen LogP contribution in [0.1, 0.15) is 11.1 Å². The van der Waals surface area contributed by atoms with Gasteiger partial charge in [-0.2, -0.15) is 10.2 Å². The minimum Gasteiger partial charge on any atom is -0.241 e. The van der Waals surface area contributed by atoms with Crippen molar-refractivity contribution in [2.75, 3.05) is 39.6 Å². The standard InChI is InChI=1S/C21H21ClFN5/c22-18-7-4-8-19(23)17(18)9-24-25-20(16-5-2-1-3-6-16)21-10-26-13-27(11-21)15-28(12-21)14-26/h1-9H,10-15H2/p+3/b24-9-,25-20-. The fourth-order valence-corrected chi connectivity index (χ4v) is 5.55. The lowest BCUT2D eigenvalue weighted by Gasteiger charge is -2.52. The van der Waals surface area contributed by atoms with Gasteiger partial charge in [0.25, 0.3) is 0 Å². The third kappa shape index (κ3) is 3.16. The Morgan fingerprint density at radius 3 is 2.18 bits per heavy atom.